The second-order valence-electron chi connectivity index (χ2n) is 4.38. The van der Waals surface area contributed by atoms with Gasteiger partial charge >= 0.3 is 0 Å². The number of halogens is 1. The number of ether oxygens (including phenoxy) is 1. The molecule has 0 spiro atoms. The van der Waals surface area contributed by atoms with Crippen molar-refractivity contribution in [2.24, 2.45) is 5.73 Å². The molecule has 0 fully saturated rings. The first-order valence-corrected chi connectivity index (χ1v) is 7.74. The standard InChI is InChI=1S/C14H17BrN2OS/c1-9-5-12(15)6-11(3-4-16)14(9)18-8-13-7-17-10(2)19-13/h5-7H,3-4,8,16H2,1-2H3. The molecule has 0 aliphatic heterocycles. The van der Waals surface area contributed by atoms with Gasteiger partial charge < -0.3 is 10.5 Å². The quantitative estimate of drug-likeness (QED) is 0.904. The fraction of sp³-hybridized carbons (Fsp3) is 0.357. The predicted molar refractivity (Wildman–Crippen MR) is 82.8 cm³/mol. The van der Waals surface area contributed by atoms with Crippen LogP contribution in [0.15, 0.2) is 22.8 Å². The van der Waals surface area contributed by atoms with Crippen molar-refractivity contribution in [1.82, 2.24) is 4.98 Å². The molecule has 2 rings (SSSR count). The summed E-state index contributed by atoms with van der Waals surface area (Å²) in [6.45, 7) is 5.23. The molecular formula is C14H17BrN2OS. The average Bonchev–Trinajstić information content (AvgIpc) is 2.74. The van der Waals surface area contributed by atoms with Crippen molar-refractivity contribution in [2.45, 2.75) is 26.9 Å². The van der Waals surface area contributed by atoms with Crippen LogP contribution >= 0.6 is 27.3 Å². The van der Waals surface area contributed by atoms with Gasteiger partial charge in [-0.05, 0) is 50.1 Å². The molecule has 0 unspecified atom stereocenters. The van der Waals surface area contributed by atoms with Crippen LogP contribution in [0.5, 0.6) is 5.75 Å². The molecule has 2 aromatic rings. The highest BCUT2D eigenvalue weighted by atomic mass is 79.9. The van der Waals surface area contributed by atoms with E-state index in [1.54, 1.807) is 11.3 Å². The molecule has 3 nitrogen and oxygen atoms in total. The number of thiazole rings is 1. The Morgan fingerprint density at radius 2 is 2.16 bits per heavy atom. The molecule has 1 aromatic carbocycles. The minimum atomic E-state index is 0.561. The van der Waals surface area contributed by atoms with Gasteiger partial charge in [-0.1, -0.05) is 15.9 Å². The molecule has 0 atom stereocenters. The van der Waals surface area contributed by atoms with E-state index in [-0.39, 0.29) is 0 Å². The summed E-state index contributed by atoms with van der Waals surface area (Å²) in [4.78, 5) is 5.37. The highest BCUT2D eigenvalue weighted by Crippen LogP contribution is 2.29. The van der Waals surface area contributed by atoms with Crippen LogP contribution in [0.2, 0.25) is 0 Å². The summed E-state index contributed by atoms with van der Waals surface area (Å²) in [7, 11) is 0. The smallest absolute Gasteiger partial charge is 0.126 e. The molecule has 1 aromatic heterocycles. The minimum Gasteiger partial charge on any atom is -0.487 e. The molecule has 5 heteroatoms. The molecule has 0 bridgehead atoms. The molecule has 0 saturated heterocycles. The van der Waals surface area contributed by atoms with E-state index >= 15 is 0 Å². The van der Waals surface area contributed by atoms with Crippen LogP contribution in [-0.2, 0) is 13.0 Å². The van der Waals surface area contributed by atoms with Crippen molar-refractivity contribution in [1.29, 1.82) is 0 Å². The Morgan fingerprint density at radius 1 is 1.37 bits per heavy atom. The number of aryl methyl sites for hydroxylation is 2. The molecular weight excluding hydrogens is 324 g/mol. The maximum Gasteiger partial charge on any atom is 0.126 e. The summed E-state index contributed by atoms with van der Waals surface area (Å²) in [6, 6.07) is 4.14. The topological polar surface area (TPSA) is 48.1 Å². The van der Waals surface area contributed by atoms with Crippen molar-refractivity contribution in [3.8, 4) is 5.75 Å². The van der Waals surface area contributed by atoms with Crippen LogP contribution < -0.4 is 10.5 Å². The first-order valence-electron chi connectivity index (χ1n) is 6.13. The first kappa shape index (κ1) is 14.5. The third-order valence-corrected chi connectivity index (χ3v) is 4.10. The molecule has 0 aliphatic carbocycles. The highest BCUT2D eigenvalue weighted by Gasteiger charge is 2.09. The van der Waals surface area contributed by atoms with E-state index in [1.165, 1.54) is 0 Å². The zero-order valence-corrected chi connectivity index (χ0v) is 13.5. The second kappa shape index (κ2) is 6.50. The maximum absolute atomic E-state index is 5.97. The lowest BCUT2D eigenvalue weighted by Crippen LogP contribution is -2.06. The van der Waals surface area contributed by atoms with Crippen molar-refractivity contribution in [2.75, 3.05) is 6.54 Å². The molecule has 0 aliphatic rings. The third-order valence-electron chi connectivity index (χ3n) is 2.76. The fourth-order valence-corrected chi connectivity index (χ4v) is 3.29. The van der Waals surface area contributed by atoms with Crippen molar-refractivity contribution in [3.05, 3.63) is 43.8 Å². The Kier molecular flexibility index (Phi) is 4.96. The van der Waals surface area contributed by atoms with E-state index in [4.69, 9.17) is 10.5 Å². The SMILES string of the molecule is Cc1ncc(COc2c(C)cc(Br)cc2CCN)s1. The van der Waals surface area contributed by atoms with E-state index in [0.717, 1.165) is 37.7 Å². The lowest BCUT2D eigenvalue weighted by molar-refractivity contribution is 0.304. The highest BCUT2D eigenvalue weighted by molar-refractivity contribution is 9.10. The van der Waals surface area contributed by atoms with Gasteiger partial charge in [0.05, 0.1) is 9.88 Å². The summed E-state index contributed by atoms with van der Waals surface area (Å²) in [6.07, 6.45) is 2.69. The molecule has 102 valence electrons. The lowest BCUT2D eigenvalue weighted by Gasteiger charge is -2.14. The van der Waals surface area contributed by atoms with Gasteiger partial charge in [-0.2, -0.15) is 0 Å². The molecule has 2 N–H and O–H groups in total. The van der Waals surface area contributed by atoms with E-state index in [2.05, 4.69) is 40.0 Å². The zero-order chi connectivity index (χ0) is 13.8. The van der Waals surface area contributed by atoms with Gasteiger partial charge in [-0.25, -0.2) is 4.98 Å². The van der Waals surface area contributed by atoms with Crippen LogP contribution in [0.1, 0.15) is 21.0 Å². The number of rotatable bonds is 5. The van der Waals surface area contributed by atoms with Crippen LogP contribution in [-0.4, -0.2) is 11.5 Å². The minimum absolute atomic E-state index is 0.561. The molecule has 0 amide bonds. The molecule has 1 heterocycles. The predicted octanol–water partition coefficient (Wildman–Crippen LogP) is 3.60. The number of hydrogen-bond donors (Lipinski definition) is 1. The zero-order valence-electron chi connectivity index (χ0n) is 11.1. The third kappa shape index (κ3) is 3.78. The van der Waals surface area contributed by atoms with Gasteiger partial charge in [-0.3, -0.25) is 0 Å². The Hall–Kier alpha value is -0.910. The Balaban J connectivity index is 2.18. The number of benzene rings is 1. The van der Waals surface area contributed by atoms with E-state index in [9.17, 15) is 0 Å². The van der Waals surface area contributed by atoms with E-state index in [1.807, 2.05) is 13.1 Å². The van der Waals surface area contributed by atoms with Crippen LogP contribution in [0.4, 0.5) is 0 Å². The largest absolute Gasteiger partial charge is 0.487 e. The number of nitrogens with zero attached hydrogens (tertiary/aromatic N) is 1. The Bertz CT molecular complexity index is 569. The summed E-state index contributed by atoms with van der Waals surface area (Å²) >= 11 is 5.18. The van der Waals surface area contributed by atoms with Gasteiger partial charge in [-0.15, -0.1) is 11.3 Å². The second-order valence-corrected chi connectivity index (χ2v) is 6.62. The first-order chi connectivity index (χ1) is 9.10. The maximum atomic E-state index is 5.97. The van der Waals surface area contributed by atoms with Crippen LogP contribution in [0.25, 0.3) is 0 Å². The van der Waals surface area contributed by atoms with Crippen LogP contribution in [0, 0.1) is 13.8 Å². The Morgan fingerprint density at radius 3 is 2.79 bits per heavy atom. The van der Waals surface area contributed by atoms with E-state index in [0.29, 0.717) is 13.2 Å². The normalized spacial score (nSPS) is 10.7. The summed E-state index contributed by atoms with van der Waals surface area (Å²) < 4.78 is 7.03. The number of hydrogen-bond acceptors (Lipinski definition) is 4. The van der Waals surface area contributed by atoms with Gasteiger partial charge in [0.1, 0.15) is 12.4 Å². The van der Waals surface area contributed by atoms with Crippen molar-refractivity contribution >= 4 is 27.3 Å². The molecule has 0 saturated carbocycles. The van der Waals surface area contributed by atoms with Gasteiger partial charge in [0.15, 0.2) is 0 Å². The lowest BCUT2D eigenvalue weighted by atomic mass is 10.1. The number of nitrogens with two attached hydrogens (primary N) is 1. The molecule has 19 heavy (non-hydrogen) atoms. The van der Waals surface area contributed by atoms with E-state index < -0.39 is 0 Å². The average molecular weight is 341 g/mol. The summed E-state index contributed by atoms with van der Waals surface area (Å²) in [5, 5.41) is 1.06. The summed E-state index contributed by atoms with van der Waals surface area (Å²) in [5.74, 6) is 0.944. The van der Waals surface area contributed by atoms with Crippen LogP contribution in [0.3, 0.4) is 0 Å². The fourth-order valence-electron chi connectivity index (χ4n) is 1.96. The monoisotopic (exact) mass is 340 g/mol. The van der Waals surface area contributed by atoms with Gasteiger partial charge in [0.25, 0.3) is 0 Å². The van der Waals surface area contributed by atoms with Crippen molar-refractivity contribution in [3.63, 3.8) is 0 Å². The molecule has 0 radical (unpaired) electrons. The Labute approximate surface area is 125 Å². The number of aromatic nitrogens is 1. The van der Waals surface area contributed by atoms with Gasteiger partial charge in [0.2, 0.25) is 0 Å². The van der Waals surface area contributed by atoms with Gasteiger partial charge in [0, 0.05) is 10.7 Å². The van der Waals surface area contributed by atoms with Crippen molar-refractivity contribution < 1.29 is 4.74 Å². The summed E-state index contributed by atoms with van der Waals surface area (Å²) in [5.41, 5.74) is 7.93.